The van der Waals surface area contributed by atoms with Crippen molar-refractivity contribution in [1.29, 1.82) is 0 Å². The number of piperidine rings is 1. The standard InChI is InChI=1S/C29H45F2N3O8/c1-2-33-8-5-18(6-9-33)4-3-11-42-20-12-22(30)21(23(31)13-20)14-26(38)34-10-7-19(16-34)29(41)32-15-24(36)27(39)28(40)25(37)17-35/h12-13,18-19,24-25,27-28,35-37,39-40H,2-11,14-17H2,1H3,(H,32,41)/t19?,24?,25-,27?,28?/m1/s1. The number of amides is 2. The zero-order valence-electron chi connectivity index (χ0n) is 24.1. The SMILES string of the molecule is CCN1CCC(CCCOc2cc(F)c(CC(=O)N3CCC(C(=O)NCC(O)C(O)C(O)[C@H](O)CO)C3)c(F)c2)CC1. The molecule has 0 saturated carbocycles. The Labute approximate surface area is 245 Å². The van der Waals surface area contributed by atoms with E-state index in [1.807, 2.05) is 0 Å². The maximum atomic E-state index is 14.8. The van der Waals surface area contributed by atoms with Gasteiger partial charge in [0.1, 0.15) is 35.7 Å². The van der Waals surface area contributed by atoms with Crippen molar-refractivity contribution in [1.82, 2.24) is 15.1 Å². The largest absolute Gasteiger partial charge is 0.493 e. The number of carbonyl (C=O) groups excluding carboxylic acids is 2. The van der Waals surface area contributed by atoms with Gasteiger partial charge in [-0.15, -0.1) is 0 Å². The third kappa shape index (κ3) is 9.55. The molecule has 1 aromatic carbocycles. The van der Waals surface area contributed by atoms with E-state index in [9.17, 15) is 38.8 Å². The molecular weight excluding hydrogens is 556 g/mol. The number of ether oxygens (including phenoxy) is 1. The first-order valence-corrected chi connectivity index (χ1v) is 14.8. The molecule has 2 amide bonds. The molecule has 2 heterocycles. The van der Waals surface area contributed by atoms with Crippen LogP contribution >= 0.6 is 0 Å². The number of aliphatic hydroxyl groups excluding tert-OH is 5. The molecule has 11 nitrogen and oxygen atoms in total. The van der Waals surface area contributed by atoms with Gasteiger partial charge in [0.05, 0.1) is 31.7 Å². The van der Waals surface area contributed by atoms with E-state index in [0.29, 0.717) is 12.5 Å². The van der Waals surface area contributed by atoms with Crippen LogP contribution in [-0.2, 0) is 16.0 Å². The zero-order chi connectivity index (χ0) is 30.8. The monoisotopic (exact) mass is 601 g/mol. The van der Waals surface area contributed by atoms with Gasteiger partial charge in [-0.3, -0.25) is 9.59 Å². The van der Waals surface area contributed by atoms with Gasteiger partial charge in [0.25, 0.3) is 0 Å². The summed E-state index contributed by atoms with van der Waals surface area (Å²) in [5, 5.41) is 50.1. The quantitative estimate of drug-likeness (QED) is 0.150. The number of carbonyl (C=O) groups is 2. The third-order valence-corrected chi connectivity index (χ3v) is 8.34. The molecule has 42 heavy (non-hydrogen) atoms. The van der Waals surface area contributed by atoms with E-state index in [4.69, 9.17) is 9.84 Å². The van der Waals surface area contributed by atoms with Gasteiger partial charge in [0.2, 0.25) is 11.8 Å². The van der Waals surface area contributed by atoms with Crippen LogP contribution in [0.4, 0.5) is 8.78 Å². The van der Waals surface area contributed by atoms with Crippen molar-refractivity contribution < 1.29 is 48.6 Å². The number of hydrogen-bond acceptors (Lipinski definition) is 9. The van der Waals surface area contributed by atoms with Gasteiger partial charge in [-0.05, 0) is 57.7 Å². The molecule has 238 valence electrons. The number of hydrogen-bond donors (Lipinski definition) is 6. The fraction of sp³-hybridized carbons (Fsp3) is 0.724. The highest BCUT2D eigenvalue weighted by Gasteiger charge is 2.34. The van der Waals surface area contributed by atoms with Crippen molar-refractivity contribution >= 4 is 11.8 Å². The Morgan fingerprint density at radius 1 is 1.02 bits per heavy atom. The maximum absolute atomic E-state index is 14.8. The Morgan fingerprint density at radius 2 is 1.67 bits per heavy atom. The lowest BCUT2D eigenvalue weighted by atomic mass is 9.92. The summed E-state index contributed by atoms with van der Waals surface area (Å²) in [5.41, 5.74) is -0.372. The first-order chi connectivity index (χ1) is 20.0. The molecule has 2 saturated heterocycles. The van der Waals surface area contributed by atoms with Gasteiger partial charge in [0, 0.05) is 37.3 Å². The summed E-state index contributed by atoms with van der Waals surface area (Å²) in [6, 6.07) is 2.17. The van der Waals surface area contributed by atoms with Crippen molar-refractivity contribution in [2.45, 2.75) is 69.9 Å². The van der Waals surface area contributed by atoms with Crippen LogP contribution in [0.3, 0.4) is 0 Å². The lowest BCUT2D eigenvalue weighted by molar-refractivity contribution is -0.131. The Kier molecular flexibility index (Phi) is 13.3. The zero-order valence-corrected chi connectivity index (χ0v) is 24.1. The molecule has 4 unspecified atom stereocenters. The number of likely N-dealkylation sites (tertiary alicyclic amines) is 2. The molecule has 2 fully saturated rings. The lowest BCUT2D eigenvalue weighted by Crippen LogP contribution is -2.50. The van der Waals surface area contributed by atoms with Gasteiger partial charge in [-0.1, -0.05) is 6.92 Å². The van der Waals surface area contributed by atoms with Gasteiger partial charge >= 0.3 is 0 Å². The number of nitrogens with zero attached hydrogens (tertiary/aromatic N) is 2. The van der Waals surface area contributed by atoms with E-state index in [1.165, 1.54) is 4.90 Å². The van der Waals surface area contributed by atoms with Crippen LogP contribution in [0.15, 0.2) is 12.1 Å². The molecule has 2 aliphatic heterocycles. The second-order valence-corrected chi connectivity index (χ2v) is 11.3. The molecule has 1 aromatic rings. The van der Waals surface area contributed by atoms with E-state index in [-0.39, 0.29) is 30.8 Å². The van der Waals surface area contributed by atoms with Crippen molar-refractivity contribution in [3.63, 3.8) is 0 Å². The van der Waals surface area contributed by atoms with E-state index in [2.05, 4.69) is 17.1 Å². The molecule has 0 aromatic heterocycles. The molecule has 5 atom stereocenters. The molecule has 13 heteroatoms. The molecule has 0 spiro atoms. The fourth-order valence-electron chi connectivity index (χ4n) is 5.48. The van der Waals surface area contributed by atoms with Crippen LogP contribution in [0, 0.1) is 23.5 Å². The van der Waals surface area contributed by atoms with Crippen molar-refractivity contribution in [3.05, 3.63) is 29.3 Å². The molecule has 0 radical (unpaired) electrons. The normalized spacial score (nSPS) is 21.1. The fourth-order valence-corrected chi connectivity index (χ4v) is 5.48. The topological polar surface area (TPSA) is 163 Å². The van der Waals surface area contributed by atoms with Gasteiger partial charge < -0.3 is 45.4 Å². The second-order valence-electron chi connectivity index (χ2n) is 11.3. The molecule has 0 aliphatic carbocycles. The highest BCUT2D eigenvalue weighted by atomic mass is 19.1. The Hall–Kier alpha value is -2.42. The van der Waals surface area contributed by atoms with Crippen LogP contribution in [-0.4, -0.2) is 124 Å². The number of nitrogens with one attached hydrogen (secondary N) is 1. The Bertz CT molecular complexity index is 1000. The van der Waals surface area contributed by atoms with Crippen molar-refractivity contribution in [3.8, 4) is 5.75 Å². The average Bonchev–Trinajstić information content (AvgIpc) is 3.49. The summed E-state index contributed by atoms with van der Waals surface area (Å²) in [6.07, 6.45) is -3.05. The summed E-state index contributed by atoms with van der Waals surface area (Å²) in [5.74, 6) is -2.73. The summed E-state index contributed by atoms with van der Waals surface area (Å²) in [6.45, 7) is 4.72. The number of aliphatic hydroxyl groups is 5. The molecule has 6 N–H and O–H groups in total. The molecule has 0 bridgehead atoms. The van der Waals surface area contributed by atoms with E-state index in [1.54, 1.807) is 0 Å². The van der Waals surface area contributed by atoms with E-state index >= 15 is 0 Å². The van der Waals surface area contributed by atoms with Crippen molar-refractivity contribution in [2.24, 2.45) is 11.8 Å². The minimum absolute atomic E-state index is 0.0110. The number of benzene rings is 1. The number of halogens is 2. The predicted octanol–water partition coefficient (Wildman–Crippen LogP) is -0.201. The summed E-state index contributed by atoms with van der Waals surface area (Å²) < 4.78 is 35.1. The van der Waals surface area contributed by atoms with Crippen molar-refractivity contribution in [2.75, 3.05) is 52.5 Å². The minimum atomic E-state index is -1.82. The minimum Gasteiger partial charge on any atom is -0.493 e. The smallest absolute Gasteiger partial charge is 0.227 e. The highest BCUT2D eigenvalue weighted by molar-refractivity contribution is 5.83. The summed E-state index contributed by atoms with van der Waals surface area (Å²) in [4.78, 5) is 29.0. The molecule has 2 aliphatic rings. The lowest BCUT2D eigenvalue weighted by Gasteiger charge is -2.30. The third-order valence-electron chi connectivity index (χ3n) is 8.34. The van der Waals surface area contributed by atoms with Crippen LogP contribution < -0.4 is 10.1 Å². The maximum Gasteiger partial charge on any atom is 0.227 e. The Morgan fingerprint density at radius 3 is 2.29 bits per heavy atom. The van der Waals surface area contributed by atoms with Crippen LogP contribution in [0.2, 0.25) is 0 Å². The predicted molar refractivity (Wildman–Crippen MR) is 148 cm³/mol. The molecular formula is C29H45F2N3O8. The summed E-state index contributed by atoms with van der Waals surface area (Å²) in [7, 11) is 0. The highest BCUT2D eigenvalue weighted by Crippen LogP contribution is 2.25. The van der Waals surface area contributed by atoms with Crippen LogP contribution in [0.1, 0.15) is 44.6 Å². The second kappa shape index (κ2) is 16.4. The van der Waals surface area contributed by atoms with Gasteiger partial charge in [-0.2, -0.15) is 0 Å². The van der Waals surface area contributed by atoms with Gasteiger partial charge in [0.15, 0.2) is 0 Å². The average molecular weight is 602 g/mol. The van der Waals surface area contributed by atoms with E-state index < -0.39 is 73.4 Å². The first-order valence-electron chi connectivity index (χ1n) is 14.8. The van der Waals surface area contributed by atoms with Gasteiger partial charge in [-0.25, -0.2) is 8.78 Å². The first kappa shape index (κ1) is 34.1. The molecule has 3 rings (SSSR count). The van der Waals surface area contributed by atoms with Crippen LogP contribution in [0.25, 0.3) is 0 Å². The number of rotatable bonds is 15. The van der Waals surface area contributed by atoms with E-state index in [0.717, 1.165) is 57.5 Å². The van der Waals surface area contributed by atoms with Crippen LogP contribution in [0.5, 0.6) is 5.75 Å². The summed E-state index contributed by atoms with van der Waals surface area (Å²) >= 11 is 0. The Balaban J connectivity index is 1.41.